The first-order valence-corrected chi connectivity index (χ1v) is 9.82. The van der Waals surface area contributed by atoms with Crippen molar-refractivity contribution in [2.75, 3.05) is 0 Å². The van der Waals surface area contributed by atoms with Crippen LogP contribution >= 0.6 is 23.2 Å². The Balaban J connectivity index is 1.97. The van der Waals surface area contributed by atoms with Crippen molar-refractivity contribution in [3.63, 3.8) is 0 Å². The Labute approximate surface area is 182 Å². The van der Waals surface area contributed by atoms with Crippen LogP contribution in [0, 0.1) is 18.3 Å². The zero-order valence-electron chi connectivity index (χ0n) is 15.9. The van der Waals surface area contributed by atoms with Crippen molar-refractivity contribution in [1.82, 2.24) is 9.55 Å². The number of aryl methyl sites for hydroxylation is 1. The van der Waals surface area contributed by atoms with E-state index in [9.17, 15) is 10.1 Å². The van der Waals surface area contributed by atoms with Crippen molar-refractivity contribution >= 4 is 23.2 Å². The van der Waals surface area contributed by atoms with Gasteiger partial charge in [0.2, 0.25) is 5.88 Å². The lowest BCUT2D eigenvalue weighted by Crippen LogP contribution is -2.33. The third kappa shape index (κ3) is 3.32. The number of benzene rings is 1. The molecule has 0 aliphatic carbocycles. The molecule has 1 aromatic carbocycles. The van der Waals surface area contributed by atoms with E-state index in [0.29, 0.717) is 34.1 Å². The summed E-state index contributed by atoms with van der Waals surface area (Å²) < 4.78 is 7.27. The summed E-state index contributed by atoms with van der Waals surface area (Å²) in [5.74, 6) is -0.550. The first-order valence-electron chi connectivity index (χ1n) is 9.07. The van der Waals surface area contributed by atoms with Crippen LogP contribution in [-0.2, 0) is 6.54 Å². The van der Waals surface area contributed by atoms with Gasteiger partial charge in [-0.25, -0.2) is 0 Å². The molecule has 6 nitrogen and oxygen atoms in total. The van der Waals surface area contributed by atoms with E-state index in [1.165, 1.54) is 0 Å². The summed E-state index contributed by atoms with van der Waals surface area (Å²) in [5.41, 5.74) is 8.20. The second kappa shape index (κ2) is 7.86. The Morgan fingerprint density at radius 3 is 2.80 bits per heavy atom. The number of hydrogen-bond donors (Lipinski definition) is 1. The SMILES string of the molecule is Cc1cc2c(c(=O)n1Cc1cccnc1)C(c1cccc(Cl)c1Cl)C(C#N)=C(N)O2. The molecule has 1 aliphatic heterocycles. The highest BCUT2D eigenvalue weighted by Crippen LogP contribution is 2.44. The number of ether oxygens (including phenoxy) is 1. The number of nitriles is 1. The van der Waals surface area contributed by atoms with Gasteiger partial charge in [-0.1, -0.05) is 41.4 Å². The Morgan fingerprint density at radius 1 is 1.30 bits per heavy atom. The van der Waals surface area contributed by atoms with E-state index in [2.05, 4.69) is 11.1 Å². The number of aromatic nitrogens is 2. The van der Waals surface area contributed by atoms with Crippen LogP contribution in [0.15, 0.2) is 65.0 Å². The van der Waals surface area contributed by atoms with Gasteiger partial charge in [-0.3, -0.25) is 9.78 Å². The number of fused-ring (bicyclic) bond motifs is 1. The Bertz CT molecular complexity index is 1280. The number of halogens is 2. The van der Waals surface area contributed by atoms with Gasteiger partial charge in [-0.15, -0.1) is 0 Å². The van der Waals surface area contributed by atoms with Crippen molar-refractivity contribution in [2.45, 2.75) is 19.4 Å². The third-order valence-corrected chi connectivity index (χ3v) is 5.88. The number of rotatable bonds is 3. The first-order chi connectivity index (χ1) is 14.4. The highest BCUT2D eigenvalue weighted by molar-refractivity contribution is 6.42. The monoisotopic (exact) mass is 438 g/mol. The Morgan fingerprint density at radius 2 is 2.10 bits per heavy atom. The van der Waals surface area contributed by atoms with E-state index < -0.39 is 5.92 Å². The number of hydrogen-bond acceptors (Lipinski definition) is 5. The van der Waals surface area contributed by atoms with Crippen LogP contribution in [0.3, 0.4) is 0 Å². The predicted octanol–water partition coefficient (Wildman–Crippen LogP) is 4.13. The molecule has 8 heteroatoms. The molecule has 2 N–H and O–H groups in total. The van der Waals surface area contributed by atoms with Crippen molar-refractivity contribution in [1.29, 1.82) is 5.26 Å². The van der Waals surface area contributed by atoms with E-state index in [-0.39, 0.29) is 22.0 Å². The largest absolute Gasteiger partial charge is 0.440 e. The van der Waals surface area contributed by atoms with Gasteiger partial charge >= 0.3 is 0 Å². The van der Waals surface area contributed by atoms with Gasteiger partial charge in [-0.2, -0.15) is 5.26 Å². The lowest BCUT2D eigenvalue weighted by Gasteiger charge is -2.28. The van der Waals surface area contributed by atoms with Gasteiger partial charge in [0, 0.05) is 24.2 Å². The first kappa shape index (κ1) is 20.0. The molecule has 0 bridgehead atoms. The fourth-order valence-corrected chi connectivity index (χ4v) is 4.03. The fourth-order valence-electron chi connectivity index (χ4n) is 3.61. The van der Waals surface area contributed by atoms with Crippen molar-refractivity contribution < 1.29 is 4.74 Å². The maximum absolute atomic E-state index is 13.6. The lowest BCUT2D eigenvalue weighted by molar-refractivity contribution is 0.389. The summed E-state index contributed by atoms with van der Waals surface area (Å²) in [6.45, 7) is 2.13. The molecule has 3 heterocycles. The van der Waals surface area contributed by atoms with Gasteiger partial charge in [0.15, 0.2) is 0 Å². The maximum Gasteiger partial charge on any atom is 0.259 e. The summed E-state index contributed by atoms with van der Waals surface area (Å²) in [7, 11) is 0. The molecule has 1 atom stereocenters. The van der Waals surface area contributed by atoms with Gasteiger partial charge in [0.25, 0.3) is 5.56 Å². The second-order valence-electron chi connectivity index (χ2n) is 6.88. The van der Waals surface area contributed by atoms with Crippen LogP contribution in [0.5, 0.6) is 5.75 Å². The van der Waals surface area contributed by atoms with Gasteiger partial charge in [0.1, 0.15) is 17.4 Å². The quantitative estimate of drug-likeness (QED) is 0.663. The smallest absolute Gasteiger partial charge is 0.259 e. The van der Waals surface area contributed by atoms with Crippen molar-refractivity contribution in [2.24, 2.45) is 5.73 Å². The molecule has 0 saturated heterocycles. The second-order valence-corrected chi connectivity index (χ2v) is 7.67. The van der Waals surface area contributed by atoms with Crippen molar-refractivity contribution in [3.05, 3.63) is 103 Å². The summed E-state index contributed by atoms with van der Waals surface area (Å²) >= 11 is 12.7. The predicted molar refractivity (Wildman–Crippen MR) is 115 cm³/mol. The van der Waals surface area contributed by atoms with E-state index >= 15 is 0 Å². The van der Waals surface area contributed by atoms with Crippen LogP contribution in [-0.4, -0.2) is 9.55 Å². The number of nitrogens with two attached hydrogens (primary N) is 1. The number of pyridine rings is 2. The van der Waals surface area contributed by atoms with Crippen LogP contribution in [0.4, 0.5) is 0 Å². The molecule has 3 aromatic rings. The molecule has 0 spiro atoms. The van der Waals surface area contributed by atoms with Crippen LogP contribution < -0.4 is 16.0 Å². The van der Waals surface area contributed by atoms with E-state index in [4.69, 9.17) is 33.7 Å². The zero-order valence-corrected chi connectivity index (χ0v) is 17.4. The number of nitrogens with zero attached hydrogens (tertiary/aromatic N) is 3. The molecular weight excluding hydrogens is 423 g/mol. The van der Waals surface area contributed by atoms with Crippen LogP contribution in [0.1, 0.15) is 28.3 Å². The summed E-state index contributed by atoms with van der Waals surface area (Å²) in [5, 5.41) is 10.3. The third-order valence-electron chi connectivity index (χ3n) is 5.05. The average Bonchev–Trinajstić information content (AvgIpc) is 2.73. The molecular formula is C22H16Cl2N4O2. The summed E-state index contributed by atoms with van der Waals surface area (Å²) in [6.07, 6.45) is 3.37. The molecule has 0 radical (unpaired) electrons. The summed E-state index contributed by atoms with van der Waals surface area (Å²) in [6, 6.07) is 12.6. The molecule has 1 aliphatic rings. The molecule has 0 fully saturated rings. The molecule has 30 heavy (non-hydrogen) atoms. The molecule has 1 unspecified atom stereocenters. The van der Waals surface area contributed by atoms with E-state index in [1.54, 1.807) is 41.2 Å². The minimum atomic E-state index is -0.793. The Hall–Kier alpha value is -3.27. The average molecular weight is 439 g/mol. The minimum Gasteiger partial charge on any atom is -0.440 e. The lowest BCUT2D eigenvalue weighted by atomic mass is 9.84. The van der Waals surface area contributed by atoms with Gasteiger partial charge < -0.3 is 15.0 Å². The van der Waals surface area contributed by atoms with Crippen LogP contribution in [0.25, 0.3) is 0 Å². The highest BCUT2D eigenvalue weighted by atomic mass is 35.5. The topological polar surface area (TPSA) is 93.9 Å². The number of allylic oxidation sites excluding steroid dienone is 1. The fraction of sp³-hybridized carbons (Fsp3) is 0.136. The zero-order chi connectivity index (χ0) is 21.4. The summed E-state index contributed by atoms with van der Waals surface area (Å²) in [4.78, 5) is 17.7. The van der Waals surface area contributed by atoms with Gasteiger partial charge in [-0.05, 0) is 30.2 Å². The van der Waals surface area contributed by atoms with Gasteiger partial charge in [0.05, 0.1) is 28.1 Å². The van der Waals surface area contributed by atoms with E-state index in [0.717, 1.165) is 5.56 Å². The molecule has 0 amide bonds. The van der Waals surface area contributed by atoms with Crippen LogP contribution in [0.2, 0.25) is 10.0 Å². The molecule has 2 aromatic heterocycles. The normalized spacial score (nSPS) is 15.3. The molecule has 4 rings (SSSR count). The van der Waals surface area contributed by atoms with E-state index in [1.807, 2.05) is 19.1 Å². The minimum absolute atomic E-state index is 0.0603. The Kier molecular flexibility index (Phi) is 5.25. The molecule has 0 saturated carbocycles. The van der Waals surface area contributed by atoms with Crippen molar-refractivity contribution in [3.8, 4) is 11.8 Å². The molecule has 150 valence electrons. The standard InChI is InChI=1S/C22H16Cl2N4O2/c1-12-8-17-19(22(29)28(12)11-13-4-3-7-27-10-13)18(15(9-25)21(26)30-17)14-5-2-6-16(23)20(14)24/h2-8,10,18H,11,26H2,1H3. The highest BCUT2D eigenvalue weighted by Gasteiger charge is 2.35. The maximum atomic E-state index is 13.6.